The van der Waals surface area contributed by atoms with Gasteiger partial charge in [0.25, 0.3) is 0 Å². The van der Waals surface area contributed by atoms with Gasteiger partial charge in [0.2, 0.25) is 5.89 Å². The Morgan fingerprint density at radius 3 is 3.13 bits per heavy atom. The molecule has 0 saturated carbocycles. The monoisotopic (exact) mass is 209 g/mol. The Balaban J connectivity index is 2.06. The smallest absolute Gasteiger partial charge is 0.211 e. The van der Waals surface area contributed by atoms with Crippen molar-refractivity contribution in [3.63, 3.8) is 0 Å². The lowest BCUT2D eigenvalue weighted by atomic mass is 10.2. The van der Waals surface area contributed by atoms with Crippen LogP contribution in [0.25, 0.3) is 0 Å². The average molecular weight is 209 g/mol. The number of nitrogens with two attached hydrogens (primary N) is 1. The van der Waals surface area contributed by atoms with Gasteiger partial charge < -0.3 is 10.2 Å². The molecule has 0 amide bonds. The molecular formula is C11H19N3O. The summed E-state index contributed by atoms with van der Waals surface area (Å²) in [6.45, 7) is 3.12. The number of aromatic nitrogens is 1. The van der Waals surface area contributed by atoms with E-state index in [0.717, 1.165) is 31.0 Å². The Hall–Kier alpha value is -0.870. The molecule has 0 bridgehead atoms. The molecule has 0 aliphatic carbocycles. The van der Waals surface area contributed by atoms with Crippen molar-refractivity contribution >= 4 is 0 Å². The summed E-state index contributed by atoms with van der Waals surface area (Å²) >= 11 is 0. The minimum atomic E-state index is 0.143. The third kappa shape index (κ3) is 2.38. The molecule has 1 aliphatic rings. The van der Waals surface area contributed by atoms with Crippen LogP contribution in [0.1, 0.15) is 37.4 Å². The third-order valence-corrected chi connectivity index (χ3v) is 2.91. The van der Waals surface area contributed by atoms with E-state index in [1.807, 2.05) is 6.92 Å². The molecule has 0 spiro atoms. The first kappa shape index (κ1) is 10.6. The molecule has 1 aromatic heterocycles. The zero-order valence-corrected chi connectivity index (χ0v) is 9.44. The van der Waals surface area contributed by atoms with Gasteiger partial charge in [-0.2, -0.15) is 0 Å². The molecule has 4 heteroatoms. The summed E-state index contributed by atoms with van der Waals surface area (Å²) in [5, 5.41) is 0. The molecule has 1 saturated heterocycles. The van der Waals surface area contributed by atoms with Crippen LogP contribution >= 0.6 is 0 Å². The topological polar surface area (TPSA) is 55.3 Å². The molecule has 15 heavy (non-hydrogen) atoms. The van der Waals surface area contributed by atoms with Crippen LogP contribution in [0.2, 0.25) is 0 Å². The van der Waals surface area contributed by atoms with Crippen molar-refractivity contribution in [1.29, 1.82) is 0 Å². The fraction of sp³-hybridized carbons (Fsp3) is 0.727. The first-order valence-corrected chi connectivity index (χ1v) is 5.57. The Morgan fingerprint density at radius 1 is 1.73 bits per heavy atom. The highest BCUT2D eigenvalue weighted by Gasteiger charge is 2.26. The van der Waals surface area contributed by atoms with Crippen molar-refractivity contribution < 1.29 is 4.42 Å². The lowest BCUT2D eigenvalue weighted by Crippen LogP contribution is -2.19. The molecule has 2 unspecified atom stereocenters. The van der Waals surface area contributed by atoms with Crippen LogP contribution < -0.4 is 5.73 Å². The fourth-order valence-corrected chi connectivity index (χ4v) is 2.12. The summed E-state index contributed by atoms with van der Waals surface area (Å²) in [5.41, 5.74) is 6.69. The summed E-state index contributed by atoms with van der Waals surface area (Å²) in [4.78, 5) is 6.79. The number of hydrogen-bond donors (Lipinski definition) is 1. The van der Waals surface area contributed by atoms with Gasteiger partial charge in [-0.3, -0.25) is 4.90 Å². The van der Waals surface area contributed by atoms with Gasteiger partial charge in [0, 0.05) is 12.5 Å². The molecule has 2 heterocycles. The van der Waals surface area contributed by atoms with E-state index < -0.39 is 0 Å². The maximum absolute atomic E-state index is 5.72. The van der Waals surface area contributed by atoms with E-state index in [-0.39, 0.29) is 6.04 Å². The van der Waals surface area contributed by atoms with E-state index in [4.69, 9.17) is 10.2 Å². The van der Waals surface area contributed by atoms with Gasteiger partial charge in [0.15, 0.2) is 0 Å². The average Bonchev–Trinajstić information content (AvgIpc) is 2.72. The van der Waals surface area contributed by atoms with Crippen LogP contribution in [0, 0.1) is 0 Å². The first-order valence-electron chi connectivity index (χ1n) is 5.57. The van der Waals surface area contributed by atoms with Crippen LogP contribution in [0.4, 0.5) is 0 Å². The predicted octanol–water partition coefficient (Wildman–Crippen LogP) is 1.33. The third-order valence-electron chi connectivity index (χ3n) is 2.91. The van der Waals surface area contributed by atoms with Gasteiger partial charge in [-0.05, 0) is 33.4 Å². The molecule has 1 aliphatic heterocycles. The zero-order valence-electron chi connectivity index (χ0n) is 9.44. The molecule has 2 atom stereocenters. The largest absolute Gasteiger partial charge is 0.447 e. The summed E-state index contributed by atoms with van der Waals surface area (Å²) in [5.74, 6) is 0.852. The standard InChI is InChI=1S/C11H19N3O/c1-8(12)6-9-7-15-11(13-9)10-4-3-5-14(10)2/h7-8,10H,3-6,12H2,1-2H3. The van der Waals surface area contributed by atoms with Gasteiger partial charge in [-0.15, -0.1) is 0 Å². The normalized spacial score (nSPS) is 24.6. The van der Waals surface area contributed by atoms with Crippen molar-refractivity contribution in [1.82, 2.24) is 9.88 Å². The molecule has 0 radical (unpaired) electrons. The summed E-state index contributed by atoms with van der Waals surface area (Å²) in [6, 6.07) is 0.510. The van der Waals surface area contributed by atoms with E-state index in [1.54, 1.807) is 6.26 Å². The van der Waals surface area contributed by atoms with Crippen molar-refractivity contribution in [2.24, 2.45) is 5.73 Å². The maximum atomic E-state index is 5.72. The molecule has 1 aromatic rings. The summed E-state index contributed by atoms with van der Waals surface area (Å²) < 4.78 is 5.51. The molecular weight excluding hydrogens is 190 g/mol. The fourth-order valence-electron chi connectivity index (χ4n) is 2.12. The Morgan fingerprint density at radius 2 is 2.53 bits per heavy atom. The second-order valence-corrected chi connectivity index (χ2v) is 4.50. The first-order chi connectivity index (χ1) is 7.16. The van der Waals surface area contributed by atoms with Gasteiger partial charge in [-0.1, -0.05) is 0 Å². The van der Waals surface area contributed by atoms with E-state index in [2.05, 4.69) is 16.9 Å². The van der Waals surface area contributed by atoms with Crippen molar-refractivity contribution in [2.45, 2.75) is 38.3 Å². The van der Waals surface area contributed by atoms with E-state index >= 15 is 0 Å². The van der Waals surface area contributed by atoms with Gasteiger partial charge in [0.05, 0.1) is 11.7 Å². The summed E-state index contributed by atoms with van der Waals surface area (Å²) in [6.07, 6.45) is 4.91. The quantitative estimate of drug-likeness (QED) is 0.816. The van der Waals surface area contributed by atoms with Gasteiger partial charge in [0.1, 0.15) is 6.26 Å². The number of nitrogens with zero attached hydrogens (tertiary/aromatic N) is 2. The number of likely N-dealkylation sites (tertiary alicyclic amines) is 1. The van der Waals surface area contributed by atoms with Gasteiger partial charge in [-0.25, -0.2) is 4.98 Å². The second-order valence-electron chi connectivity index (χ2n) is 4.50. The number of oxazole rings is 1. The van der Waals surface area contributed by atoms with Crippen LogP contribution in [-0.4, -0.2) is 29.5 Å². The van der Waals surface area contributed by atoms with E-state index in [0.29, 0.717) is 6.04 Å². The minimum absolute atomic E-state index is 0.143. The van der Waals surface area contributed by atoms with Gasteiger partial charge >= 0.3 is 0 Å². The highest BCUT2D eigenvalue weighted by molar-refractivity contribution is 5.03. The molecule has 4 nitrogen and oxygen atoms in total. The predicted molar refractivity (Wildman–Crippen MR) is 58.5 cm³/mol. The Bertz CT molecular complexity index is 321. The maximum Gasteiger partial charge on any atom is 0.211 e. The number of rotatable bonds is 3. The molecule has 1 fully saturated rings. The van der Waals surface area contributed by atoms with Crippen LogP contribution in [0.3, 0.4) is 0 Å². The Labute approximate surface area is 90.5 Å². The molecule has 84 valence electrons. The van der Waals surface area contributed by atoms with Crippen LogP contribution in [-0.2, 0) is 6.42 Å². The van der Waals surface area contributed by atoms with E-state index in [1.165, 1.54) is 6.42 Å². The Kier molecular flexibility index (Phi) is 3.07. The second kappa shape index (κ2) is 4.33. The lowest BCUT2D eigenvalue weighted by molar-refractivity contribution is 0.268. The van der Waals surface area contributed by atoms with Crippen molar-refractivity contribution in [3.8, 4) is 0 Å². The number of hydrogen-bond acceptors (Lipinski definition) is 4. The molecule has 0 aromatic carbocycles. The van der Waals surface area contributed by atoms with Crippen molar-refractivity contribution in [3.05, 3.63) is 17.8 Å². The highest BCUT2D eigenvalue weighted by Crippen LogP contribution is 2.29. The summed E-state index contributed by atoms with van der Waals surface area (Å²) in [7, 11) is 2.12. The molecule has 2 rings (SSSR count). The minimum Gasteiger partial charge on any atom is -0.447 e. The SMILES string of the molecule is CC(N)Cc1coc(C2CCCN2C)n1. The highest BCUT2D eigenvalue weighted by atomic mass is 16.3. The van der Waals surface area contributed by atoms with Crippen LogP contribution in [0.15, 0.2) is 10.7 Å². The van der Waals surface area contributed by atoms with Crippen LogP contribution in [0.5, 0.6) is 0 Å². The zero-order chi connectivity index (χ0) is 10.8. The molecule has 2 N–H and O–H groups in total. The lowest BCUT2D eigenvalue weighted by Gasteiger charge is -2.15. The van der Waals surface area contributed by atoms with Crippen molar-refractivity contribution in [2.75, 3.05) is 13.6 Å². The van der Waals surface area contributed by atoms with E-state index in [9.17, 15) is 0 Å².